The molecule has 1 aliphatic rings. The quantitative estimate of drug-likeness (QED) is 0.624. The third kappa shape index (κ3) is 4.14. The number of hydrogen-bond acceptors (Lipinski definition) is 4. The summed E-state index contributed by atoms with van der Waals surface area (Å²) >= 11 is 1.33. The molecule has 2 atom stereocenters. The SMILES string of the molecule is Cc1cc(-c2csc(NC(=O)CNC(=O)C3CC3C)n2)c(C)n1-c1ccc(F)cc1. The van der Waals surface area contributed by atoms with E-state index in [1.165, 1.54) is 23.5 Å². The second kappa shape index (κ2) is 8.02. The van der Waals surface area contributed by atoms with Gasteiger partial charge in [-0.25, -0.2) is 9.37 Å². The van der Waals surface area contributed by atoms with Crippen molar-refractivity contribution >= 4 is 28.3 Å². The summed E-state index contributed by atoms with van der Waals surface area (Å²) in [5.41, 5.74) is 4.57. The summed E-state index contributed by atoms with van der Waals surface area (Å²) < 4.78 is 15.3. The van der Waals surface area contributed by atoms with Crippen LogP contribution in [0.25, 0.3) is 16.9 Å². The largest absolute Gasteiger partial charge is 0.347 e. The summed E-state index contributed by atoms with van der Waals surface area (Å²) in [5, 5.41) is 7.78. The molecule has 0 radical (unpaired) electrons. The van der Waals surface area contributed by atoms with Crippen molar-refractivity contribution in [1.82, 2.24) is 14.9 Å². The first-order chi connectivity index (χ1) is 14.3. The number of amides is 2. The van der Waals surface area contributed by atoms with Crippen LogP contribution in [0.4, 0.5) is 9.52 Å². The first kappa shape index (κ1) is 20.3. The van der Waals surface area contributed by atoms with Gasteiger partial charge in [-0.3, -0.25) is 9.59 Å². The van der Waals surface area contributed by atoms with Crippen molar-refractivity contribution in [2.45, 2.75) is 27.2 Å². The minimum atomic E-state index is -0.297. The highest BCUT2D eigenvalue weighted by Crippen LogP contribution is 2.37. The Morgan fingerprint density at radius 2 is 1.97 bits per heavy atom. The normalized spacial score (nSPS) is 17.6. The van der Waals surface area contributed by atoms with Gasteiger partial charge in [-0.15, -0.1) is 11.3 Å². The number of halogens is 1. The Hall–Kier alpha value is -3.00. The van der Waals surface area contributed by atoms with Crippen molar-refractivity contribution in [1.29, 1.82) is 0 Å². The van der Waals surface area contributed by atoms with Gasteiger partial charge in [0.15, 0.2) is 5.13 Å². The average Bonchev–Trinajstić information content (AvgIpc) is 3.14. The topological polar surface area (TPSA) is 76.0 Å². The molecule has 0 spiro atoms. The van der Waals surface area contributed by atoms with E-state index >= 15 is 0 Å². The van der Waals surface area contributed by atoms with Crippen LogP contribution in [0.2, 0.25) is 0 Å². The van der Waals surface area contributed by atoms with Crippen molar-refractivity contribution < 1.29 is 14.0 Å². The average molecular weight is 427 g/mol. The lowest BCUT2D eigenvalue weighted by Gasteiger charge is -2.09. The van der Waals surface area contributed by atoms with Gasteiger partial charge in [0.05, 0.1) is 12.2 Å². The molecule has 1 saturated carbocycles. The Kier molecular flexibility index (Phi) is 5.42. The summed E-state index contributed by atoms with van der Waals surface area (Å²) in [6.07, 6.45) is 0.889. The number of hydrogen-bond donors (Lipinski definition) is 2. The van der Waals surface area contributed by atoms with Crippen LogP contribution >= 0.6 is 11.3 Å². The van der Waals surface area contributed by atoms with Crippen LogP contribution in [0.1, 0.15) is 24.7 Å². The van der Waals surface area contributed by atoms with Gasteiger partial charge in [-0.1, -0.05) is 6.92 Å². The van der Waals surface area contributed by atoms with Crippen LogP contribution in [0.3, 0.4) is 0 Å². The van der Waals surface area contributed by atoms with Crippen molar-refractivity contribution in [3.05, 3.63) is 52.9 Å². The molecule has 2 amide bonds. The summed E-state index contributed by atoms with van der Waals surface area (Å²) in [5.74, 6) is -0.187. The number of carbonyl (C=O) groups is 2. The fraction of sp³-hybridized carbons (Fsp3) is 0.318. The number of rotatable bonds is 6. The van der Waals surface area contributed by atoms with Gasteiger partial charge in [0, 0.05) is 33.9 Å². The molecule has 3 aromatic rings. The first-order valence-electron chi connectivity index (χ1n) is 9.82. The molecule has 2 heterocycles. The number of anilines is 1. The van der Waals surface area contributed by atoms with Crippen LogP contribution < -0.4 is 10.6 Å². The van der Waals surface area contributed by atoms with Gasteiger partial charge >= 0.3 is 0 Å². The van der Waals surface area contributed by atoms with Crippen LogP contribution in [0.5, 0.6) is 0 Å². The van der Waals surface area contributed by atoms with Crippen LogP contribution in [0, 0.1) is 31.5 Å². The molecule has 1 aliphatic carbocycles. The lowest BCUT2D eigenvalue weighted by atomic mass is 10.2. The van der Waals surface area contributed by atoms with Crippen LogP contribution in [-0.4, -0.2) is 27.9 Å². The second-order valence-corrected chi connectivity index (χ2v) is 8.58. The number of aryl methyl sites for hydroxylation is 1. The Morgan fingerprint density at radius 3 is 2.63 bits per heavy atom. The summed E-state index contributed by atoms with van der Waals surface area (Å²) in [6, 6.07) is 8.38. The second-order valence-electron chi connectivity index (χ2n) is 7.72. The minimum absolute atomic E-state index is 0.0422. The first-order valence-corrected chi connectivity index (χ1v) is 10.7. The molecule has 0 bridgehead atoms. The van der Waals surface area contributed by atoms with Gasteiger partial charge in [0.25, 0.3) is 0 Å². The predicted octanol–water partition coefficient (Wildman–Crippen LogP) is 4.07. The van der Waals surface area contributed by atoms with E-state index in [1.54, 1.807) is 12.1 Å². The molecular weight excluding hydrogens is 403 g/mol. The summed E-state index contributed by atoms with van der Waals surface area (Å²) in [7, 11) is 0. The Labute approximate surface area is 178 Å². The van der Waals surface area contributed by atoms with E-state index in [9.17, 15) is 14.0 Å². The van der Waals surface area contributed by atoms with Gasteiger partial charge < -0.3 is 15.2 Å². The fourth-order valence-electron chi connectivity index (χ4n) is 3.61. The highest BCUT2D eigenvalue weighted by atomic mass is 32.1. The predicted molar refractivity (Wildman–Crippen MR) is 115 cm³/mol. The van der Waals surface area contributed by atoms with E-state index < -0.39 is 0 Å². The van der Waals surface area contributed by atoms with E-state index in [1.807, 2.05) is 36.8 Å². The van der Waals surface area contributed by atoms with E-state index in [0.29, 0.717) is 11.0 Å². The standard InChI is InChI=1S/C22H23FN4O2S/c1-12-8-17(12)21(29)24-10-20(28)26-22-25-19(11-30-22)18-9-13(2)27(14(18)3)16-6-4-15(23)5-7-16/h4-7,9,11-12,17H,8,10H2,1-3H3,(H,24,29)(H,25,26,28). The Balaban J connectivity index is 1.45. The number of nitrogens with one attached hydrogen (secondary N) is 2. The maximum atomic E-state index is 13.3. The third-order valence-electron chi connectivity index (χ3n) is 5.41. The molecule has 2 aromatic heterocycles. The van der Waals surface area contributed by atoms with Crippen molar-refractivity contribution in [3.63, 3.8) is 0 Å². The van der Waals surface area contributed by atoms with Crippen molar-refractivity contribution in [2.75, 3.05) is 11.9 Å². The molecule has 1 aromatic carbocycles. The molecule has 6 nitrogen and oxygen atoms in total. The fourth-order valence-corrected chi connectivity index (χ4v) is 4.34. The summed E-state index contributed by atoms with van der Waals surface area (Å²) in [6.45, 7) is 5.93. The smallest absolute Gasteiger partial charge is 0.245 e. The monoisotopic (exact) mass is 426 g/mol. The molecular formula is C22H23FN4O2S. The number of benzene rings is 1. The molecule has 8 heteroatoms. The zero-order valence-corrected chi connectivity index (χ0v) is 17.8. The number of nitrogens with zero attached hydrogens (tertiary/aromatic N) is 2. The van der Waals surface area contributed by atoms with Crippen molar-refractivity contribution in [3.8, 4) is 16.9 Å². The Bertz CT molecular complexity index is 1100. The van der Waals surface area contributed by atoms with Gasteiger partial charge in [0.2, 0.25) is 11.8 Å². The van der Waals surface area contributed by atoms with Gasteiger partial charge in [0.1, 0.15) is 5.82 Å². The third-order valence-corrected chi connectivity index (χ3v) is 6.17. The summed E-state index contributed by atoms with van der Waals surface area (Å²) in [4.78, 5) is 28.5. The zero-order valence-electron chi connectivity index (χ0n) is 17.0. The lowest BCUT2D eigenvalue weighted by Crippen LogP contribution is -2.34. The Morgan fingerprint density at radius 1 is 1.27 bits per heavy atom. The maximum absolute atomic E-state index is 13.3. The van der Waals surface area contributed by atoms with Gasteiger partial charge in [-0.2, -0.15) is 0 Å². The molecule has 2 N–H and O–H groups in total. The highest BCUT2D eigenvalue weighted by Gasteiger charge is 2.39. The maximum Gasteiger partial charge on any atom is 0.245 e. The number of carbonyl (C=O) groups excluding carboxylic acids is 2. The van der Waals surface area contributed by atoms with E-state index in [4.69, 9.17) is 0 Å². The van der Waals surface area contributed by atoms with E-state index in [0.717, 1.165) is 34.8 Å². The molecule has 4 rings (SSSR count). The van der Waals surface area contributed by atoms with E-state index in [-0.39, 0.29) is 30.1 Å². The van der Waals surface area contributed by atoms with Crippen molar-refractivity contribution in [2.24, 2.45) is 11.8 Å². The number of aromatic nitrogens is 2. The zero-order chi connectivity index (χ0) is 21.4. The minimum Gasteiger partial charge on any atom is -0.347 e. The lowest BCUT2D eigenvalue weighted by molar-refractivity contribution is -0.125. The van der Waals surface area contributed by atoms with Crippen LogP contribution in [0.15, 0.2) is 35.7 Å². The molecule has 156 valence electrons. The molecule has 0 saturated heterocycles. The van der Waals surface area contributed by atoms with Gasteiger partial charge in [-0.05, 0) is 56.5 Å². The van der Waals surface area contributed by atoms with Crippen LogP contribution in [-0.2, 0) is 9.59 Å². The highest BCUT2D eigenvalue weighted by molar-refractivity contribution is 7.14. The number of thiazole rings is 1. The molecule has 30 heavy (non-hydrogen) atoms. The van der Waals surface area contributed by atoms with E-state index in [2.05, 4.69) is 15.6 Å². The molecule has 0 aliphatic heterocycles. The molecule has 2 unspecified atom stereocenters. The molecule has 1 fully saturated rings.